The summed E-state index contributed by atoms with van der Waals surface area (Å²) in [4.78, 5) is 18.2. The summed E-state index contributed by atoms with van der Waals surface area (Å²) in [6.45, 7) is 0.935. The summed E-state index contributed by atoms with van der Waals surface area (Å²) in [5.74, 6) is 1.99. The van der Waals surface area contributed by atoms with Crippen molar-refractivity contribution in [1.82, 2.24) is 19.9 Å². The third-order valence-corrected chi connectivity index (χ3v) is 14.8. The number of phenols is 1. The maximum absolute atomic E-state index is 12.3. The number of nitrogens with one attached hydrogen (secondary N) is 2. The van der Waals surface area contributed by atoms with Crippen LogP contribution in [0, 0.1) is 5.92 Å². The molecule has 11 heteroatoms. The summed E-state index contributed by atoms with van der Waals surface area (Å²) in [5.41, 5.74) is 16.7. The highest BCUT2D eigenvalue weighted by Crippen LogP contribution is 2.40. The van der Waals surface area contributed by atoms with E-state index in [1.165, 1.54) is 24.3 Å². The van der Waals surface area contributed by atoms with Crippen molar-refractivity contribution in [3.8, 4) is 61.8 Å². The molecule has 0 fully saturated rings. The number of nitrogens with zero attached hydrogens (tertiary/aromatic N) is 2. The van der Waals surface area contributed by atoms with Crippen LogP contribution >= 0.6 is 0 Å². The molecule has 0 saturated heterocycles. The van der Waals surface area contributed by atoms with Crippen molar-refractivity contribution in [3.63, 3.8) is 0 Å². The number of ether oxygens (including phenoxy) is 2. The van der Waals surface area contributed by atoms with Gasteiger partial charge in [0.15, 0.2) is 0 Å². The largest absolute Gasteiger partial charge is 0.739 e. The summed E-state index contributed by atoms with van der Waals surface area (Å²) in [5, 5.41) is 9.96. The normalized spacial score (nSPS) is 11.9. The van der Waals surface area contributed by atoms with E-state index >= 15 is 0 Å². The molecule has 8 bridgehead atoms. The first-order valence-corrected chi connectivity index (χ1v) is 27.1. The van der Waals surface area contributed by atoms with Gasteiger partial charge in [-0.2, -0.15) is 0 Å². The van der Waals surface area contributed by atoms with Crippen molar-refractivity contribution in [2.45, 2.75) is 17.7 Å². The quantitative estimate of drug-likeness (QED) is 0.0397. The standard InChI is InChI=1S/C67H50N4O6S/c72-50-28-22-47(23-29-50)63(53-20-10-11-21-62(53)78(73,74)75)48-24-30-51(31-25-48)76-42-12-13-43-77-52-32-26-49(27-33-52)67-60-40-38-58(70-60)65(45-16-6-2-7-17-45)56-36-34-54(68-56)64(44-14-4-1-5-15-44)55-35-37-57(69-55)66(46-18-8-3-9-19-46)59-39-41-61(67)71-59/h1-11,14-41H,12-13,42-43H2,(H3-,68,69,70,71,72,73,74,75). The van der Waals surface area contributed by atoms with E-state index in [1.807, 2.05) is 54.6 Å². The fourth-order valence-electron chi connectivity index (χ4n) is 10.3. The number of aromatic nitrogens is 4. The summed E-state index contributed by atoms with van der Waals surface area (Å²) in [6, 6.07) is 67.8. The predicted octanol–water partition coefficient (Wildman–Crippen LogP) is 15.2. The first-order valence-electron chi connectivity index (χ1n) is 25.7. The number of phenolic OH excluding ortho intramolecular Hbond substituents is 1. The molecule has 10 aromatic rings. The number of benzene rings is 7. The number of hydrogen-bond donors (Lipinski definition) is 3. The second-order valence-electron chi connectivity index (χ2n) is 18.9. The van der Waals surface area contributed by atoms with Crippen molar-refractivity contribution in [3.05, 3.63) is 258 Å². The highest BCUT2D eigenvalue weighted by atomic mass is 32.2. The molecule has 0 atom stereocenters. The molecule has 3 N–H and O–H groups in total. The van der Waals surface area contributed by atoms with Crippen LogP contribution < -0.4 is 9.47 Å². The van der Waals surface area contributed by atoms with Gasteiger partial charge < -0.3 is 29.1 Å². The molecule has 12 rings (SSSR count). The molecule has 0 spiro atoms. The van der Waals surface area contributed by atoms with Crippen molar-refractivity contribution >= 4 is 56.5 Å². The van der Waals surface area contributed by atoms with E-state index in [0.29, 0.717) is 36.0 Å². The molecule has 2 aliphatic rings. The molecule has 10 nitrogen and oxygen atoms in total. The lowest BCUT2D eigenvalue weighted by Crippen LogP contribution is -2.11. The minimum absolute atomic E-state index is 0.0663. The van der Waals surface area contributed by atoms with Crippen LogP contribution in [0.1, 0.15) is 52.3 Å². The second kappa shape index (κ2) is 21.5. The molecule has 0 saturated carbocycles. The number of rotatable bonds is 15. The Morgan fingerprint density at radius 3 is 1.17 bits per heavy atom. The van der Waals surface area contributed by atoms with E-state index < -0.39 is 10.1 Å². The number of aromatic hydroxyl groups is 1. The average molecular weight is 1040 g/mol. The van der Waals surface area contributed by atoms with Gasteiger partial charge >= 0.3 is 0 Å². The highest BCUT2D eigenvalue weighted by molar-refractivity contribution is 7.85. The van der Waals surface area contributed by atoms with Gasteiger partial charge in [0.1, 0.15) is 32.3 Å². The Kier molecular flexibility index (Phi) is 13.6. The Morgan fingerprint density at radius 1 is 0.423 bits per heavy atom. The van der Waals surface area contributed by atoms with Crippen LogP contribution in [0.2, 0.25) is 0 Å². The Bertz CT molecular complexity index is 4120. The predicted molar refractivity (Wildman–Crippen MR) is 310 cm³/mol. The Morgan fingerprint density at radius 2 is 0.769 bits per heavy atom. The third kappa shape index (κ3) is 10.2. The molecule has 0 amide bonds. The zero-order valence-corrected chi connectivity index (χ0v) is 43.0. The van der Waals surface area contributed by atoms with Gasteiger partial charge in [-0.3, -0.25) is 0 Å². The molecule has 0 unspecified atom stereocenters. The van der Waals surface area contributed by atoms with Gasteiger partial charge in [0, 0.05) is 68.6 Å². The zero-order chi connectivity index (χ0) is 53.0. The van der Waals surface area contributed by atoms with Gasteiger partial charge in [-0.1, -0.05) is 103 Å². The molecular weight excluding hydrogens is 989 g/mol. The van der Waals surface area contributed by atoms with Crippen molar-refractivity contribution in [1.29, 1.82) is 0 Å². The summed E-state index contributed by atoms with van der Waals surface area (Å²) >= 11 is 0. The Hall–Kier alpha value is -9.68. The minimum atomic E-state index is -4.78. The Labute approximate surface area is 452 Å². The van der Waals surface area contributed by atoms with Gasteiger partial charge in [0.2, 0.25) is 0 Å². The van der Waals surface area contributed by atoms with Crippen LogP contribution in [0.3, 0.4) is 0 Å². The van der Waals surface area contributed by atoms with E-state index in [9.17, 15) is 18.1 Å². The van der Waals surface area contributed by atoms with Gasteiger partial charge in [-0.15, -0.1) is 0 Å². The third-order valence-electron chi connectivity index (χ3n) is 13.9. The maximum Gasteiger partial charge on any atom is 0.146 e. The van der Waals surface area contributed by atoms with E-state index in [-0.39, 0.29) is 16.2 Å². The van der Waals surface area contributed by atoms with E-state index in [2.05, 4.69) is 143 Å². The summed E-state index contributed by atoms with van der Waals surface area (Å²) < 4.78 is 49.3. The molecule has 3 aromatic heterocycles. The molecule has 0 aliphatic carbocycles. The summed E-state index contributed by atoms with van der Waals surface area (Å²) in [7, 11) is -4.78. The highest BCUT2D eigenvalue weighted by Gasteiger charge is 2.28. The second-order valence-corrected chi connectivity index (χ2v) is 20.3. The van der Waals surface area contributed by atoms with Crippen LogP contribution in [-0.4, -0.2) is 51.2 Å². The minimum Gasteiger partial charge on any atom is -0.739 e. The van der Waals surface area contributed by atoms with Crippen LogP contribution in [0.5, 0.6) is 17.2 Å². The van der Waals surface area contributed by atoms with Crippen molar-refractivity contribution in [2.24, 2.45) is 0 Å². The van der Waals surface area contributed by atoms with Crippen molar-refractivity contribution in [2.75, 3.05) is 13.2 Å². The molecule has 0 radical (unpaired) electrons. The topological polar surface area (TPSA) is 153 Å². The zero-order valence-electron chi connectivity index (χ0n) is 42.1. The van der Waals surface area contributed by atoms with E-state index in [1.54, 1.807) is 24.3 Å². The fourth-order valence-corrected chi connectivity index (χ4v) is 10.9. The van der Waals surface area contributed by atoms with Crippen LogP contribution in [0.4, 0.5) is 0 Å². The van der Waals surface area contributed by atoms with Gasteiger partial charge in [-0.05, 0) is 144 Å². The SMILES string of the molecule is O=S(=O)([O-])c1ccccc1[C+](c1ccc(O)cc1)c1ccc(OCCCCOc2ccc(-c3c4nc(c(-c5ccccc5)c5ccc([nH]5)c(-c5ccccc5)c5nc(c(-c6ccccc6)c6ccc3[nH]6)C=C5)C=C4)cc2)cc1. The van der Waals surface area contributed by atoms with Gasteiger partial charge in [-0.25, -0.2) is 18.4 Å². The number of aromatic amines is 2. The molecule has 5 heterocycles. The number of unbranched alkanes of at least 4 members (excludes halogenated alkanes) is 1. The molecule has 78 heavy (non-hydrogen) atoms. The monoisotopic (exact) mass is 1040 g/mol. The number of fused-ring (bicyclic) bond motifs is 8. The molecule has 7 aromatic carbocycles. The molecular formula is C67H50N4O6S. The lowest BCUT2D eigenvalue weighted by molar-refractivity contribution is 0.266. The molecule has 380 valence electrons. The fraction of sp³-hybridized carbons (Fsp3) is 0.0597. The lowest BCUT2D eigenvalue weighted by atomic mass is 9.85. The van der Waals surface area contributed by atoms with Crippen LogP contribution in [0.25, 0.3) is 90.9 Å². The Balaban J connectivity index is 0.825. The first kappa shape index (κ1) is 49.2. The van der Waals surface area contributed by atoms with Crippen LogP contribution in [0.15, 0.2) is 217 Å². The van der Waals surface area contributed by atoms with Gasteiger partial charge in [0.25, 0.3) is 0 Å². The van der Waals surface area contributed by atoms with E-state index in [4.69, 9.17) is 19.4 Å². The maximum atomic E-state index is 12.3. The smallest absolute Gasteiger partial charge is 0.146 e. The average Bonchev–Trinajstić information content (AvgIpc) is 4.44. The first-order chi connectivity index (χ1) is 38.2. The van der Waals surface area contributed by atoms with Crippen LogP contribution in [-0.2, 0) is 10.1 Å². The summed E-state index contributed by atoms with van der Waals surface area (Å²) in [6.07, 6.45) is 9.91. The number of H-pyrrole nitrogens is 2. The van der Waals surface area contributed by atoms with E-state index in [0.717, 1.165) is 108 Å². The number of hydrogen-bond acceptors (Lipinski definition) is 8. The molecule has 2 aliphatic heterocycles. The van der Waals surface area contributed by atoms with Crippen molar-refractivity contribution < 1.29 is 27.6 Å². The lowest BCUT2D eigenvalue weighted by Gasteiger charge is -2.18. The van der Waals surface area contributed by atoms with Gasteiger partial charge in [0.05, 0.1) is 58.6 Å².